The molecule has 69 heavy (non-hydrogen) atoms. The molecule has 0 amide bonds. The lowest BCUT2D eigenvalue weighted by atomic mass is 9.33. The molecule has 2 aliphatic heterocycles. The summed E-state index contributed by atoms with van der Waals surface area (Å²) in [6, 6.07) is 64.6. The third kappa shape index (κ3) is 7.41. The summed E-state index contributed by atoms with van der Waals surface area (Å²) in [7, 11) is 0. The van der Waals surface area contributed by atoms with E-state index in [1.165, 1.54) is 95.0 Å². The van der Waals surface area contributed by atoms with E-state index in [1.54, 1.807) is 0 Å². The minimum absolute atomic E-state index is 0.0259. The normalized spacial score (nSPS) is 15.3. The van der Waals surface area contributed by atoms with E-state index in [0.29, 0.717) is 0 Å². The fourth-order valence-corrected chi connectivity index (χ4v) is 12.2. The molecule has 11 rings (SSSR count). The number of benzene rings is 8. The first kappa shape index (κ1) is 44.7. The fourth-order valence-electron chi connectivity index (χ4n) is 12.2. The Morgan fingerprint density at radius 2 is 0.870 bits per heavy atom. The second-order valence-electron chi connectivity index (χ2n) is 23.6. The minimum atomic E-state index is -0.0508. The topological polar surface area (TPSA) is 9.72 Å². The molecular weight excluding hydrogens is 834 g/mol. The van der Waals surface area contributed by atoms with Gasteiger partial charge in [0, 0.05) is 45.5 Å². The third-order valence-corrected chi connectivity index (χ3v) is 15.5. The predicted octanol–water partition coefficient (Wildman–Crippen LogP) is 16.1. The van der Waals surface area contributed by atoms with Crippen LogP contribution in [-0.2, 0) is 21.7 Å². The van der Waals surface area contributed by atoms with E-state index in [9.17, 15) is 0 Å². The van der Waals surface area contributed by atoms with E-state index in [0.717, 1.165) is 23.5 Å². The van der Waals surface area contributed by atoms with Gasteiger partial charge in [0.1, 0.15) is 0 Å². The molecule has 8 aromatic carbocycles. The van der Waals surface area contributed by atoms with Gasteiger partial charge in [-0.2, -0.15) is 0 Å². The molecule has 0 unspecified atom stereocenters. The summed E-state index contributed by atoms with van der Waals surface area (Å²) in [5, 5.41) is 0. The summed E-state index contributed by atoms with van der Waals surface area (Å²) >= 11 is 0. The van der Waals surface area contributed by atoms with Gasteiger partial charge in [0.15, 0.2) is 0 Å². The highest BCUT2D eigenvalue weighted by atomic mass is 15.2. The maximum atomic E-state index is 2.66. The van der Waals surface area contributed by atoms with Crippen molar-refractivity contribution in [3.63, 3.8) is 0 Å². The lowest BCUT2D eigenvalue weighted by Crippen LogP contribution is -2.61. The van der Waals surface area contributed by atoms with Crippen LogP contribution >= 0.6 is 0 Å². The van der Waals surface area contributed by atoms with Crippen LogP contribution in [-0.4, -0.2) is 6.71 Å². The molecule has 2 heterocycles. The van der Waals surface area contributed by atoms with E-state index in [4.69, 9.17) is 0 Å². The van der Waals surface area contributed by atoms with Gasteiger partial charge < -0.3 is 14.7 Å². The molecule has 0 radical (unpaired) electrons. The van der Waals surface area contributed by atoms with Gasteiger partial charge in [-0.05, 0) is 170 Å². The molecule has 0 spiro atoms. The second kappa shape index (κ2) is 15.9. The van der Waals surface area contributed by atoms with Crippen molar-refractivity contribution in [1.82, 2.24) is 0 Å². The standard InChI is InChI=1S/C65H66BN3/c1-42-34-45(44-22-16-13-17-23-44)28-31-55(42)68-56-32-29-46(62(3,4)5)36-53(56)66-54-37-47(63(6,7)8)30-33-57(54)69(58-40-52-51(35-43(58)2)64(9,10)41-65(52,11)12)60-39-50(38-59(68)61(60)66)67(48-24-18-14-19-25-48)49-26-20-15-21-27-49/h13-40H,41H2,1-12H3. The Morgan fingerprint density at radius 3 is 1.36 bits per heavy atom. The molecule has 4 heteroatoms. The Labute approximate surface area is 412 Å². The van der Waals surface area contributed by atoms with Gasteiger partial charge in [-0.1, -0.05) is 172 Å². The van der Waals surface area contributed by atoms with Crippen molar-refractivity contribution in [2.24, 2.45) is 0 Å². The lowest BCUT2D eigenvalue weighted by molar-refractivity contribution is 0.403. The summed E-state index contributed by atoms with van der Waals surface area (Å²) < 4.78 is 0. The molecule has 3 aliphatic rings. The fraction of sp³-hybridized carbons (Fsp3) is 0.262. The number of rotatable bonds is 6. The summed E-state index contributed by atoms with van der Waals surface area (Å²) in [6.07, 6.45) is 1.12. The number of nitrogens with zero attached hydrogens (tertiary/aromatic N) is 3. The van der Waals surface area contributed by atoms with Gasteiger partial charge in [0.2, 0.25) is 0 Å². The molecule has 0 atom stereocenters. The first-order valence-electron chi connectivity index (χ1n) is 25.1. The average Bonchev–Trinajstić information content (AvgIpc) is 3.50. The number of para-hydroxylation sites is 2. The number of hydrogen-bond acceptors (Lipinski definition) is 3. The number of fused-ring (bicyclic) bond motifs is 5. The highest BCUT2D eigenvalue weighted by molar-refractivity contribution is 7.00. The van der Waals surface area contributed by atoms with Crippen molar-refractivity contribution >= 4 is 74.3 Å². The van der Waals surface area contributed by atoms with Gasteiger partial charge in [0.05, 0.1) is 5.69 Å². The van der Waals surface area contributed by atoms with Crippen molar-refractivity contribution in [1.29, 1.82) is 0 Å². The van der Waals surface area contributed by atoms with Crippen LogP contribution in [0.15, 0.2) is 170 Å². The number of hydrogen-bond donors (Lipinski definition) is 0. The van der Waals surface area contributed by atoms with Gasteiger partial charge in [-0.15, -0.1) is 0 Å². The van der Waals surface area contributed by atoms with Crippen LogP contribution in [0.25, 0.3) is 11.1 Å². The van der Waals surface area contributed by atoms with Crippen molar-refractivity contribution in [3.8, 4) is 11.1 Å². The Balaban J connectivity index is 1.29. The summed E-state index contributed by atoms with van der Waals surface area (Å²) in [5.41, 5.74) is 25.3. The zero-order valence-corrected chi connectivity index (χ0v) is 42.8. The van der Waals surface area contributed by atoms with E-state index < -0.39 is 0 Å². The Morgan fingerprint density at radius 1 is 0.420 bits per heavy atom. The number of aryl methyl sites for hydroxylation is 2. The number of anilines is 9. The average molecular weight is 900 g/mol. The van der Waals surface area contributed by atoms with Gasteiger partial charge in [0.25, 0.3) is 6.71 Å². The van der Waals surface area contributed by atoms with Crippen LogP contribution < -0.4 is 31.1 Å². The van der Waals surface area contributed by atoms with E-state index in [-0.39, 0.29) is 28.4 Å². The molecule has 0 aromatic heterocycles. The van der Waals surface area contributed by atoms with E-state index >= 15 is 0 Å². The molecule has 0 N–H and O–H groups in total. The van der Waals surface area contributed by atoms with Crippen molar-refractivity contribution < 1.29 is 0 Å². The van der Waals surface area contributed by atoms with Crippen LogP contribution in [0.1, 0.15) is 109 Å². The van der Waals surface area contributed by atoms with Crippen LogP contribution in [0.4, 0.5) is 51.2 Å². The predicted molar refractivity (Wildman–Crippen MR) is 298 cm³/mol. The SMILES string of the molecule is Cc1cc(-c2ccccc2)ccc1N1c2ccc(C(C)(C)C)cc2B2c3cc(C(C)(C)C)ccc3N(c3cc4c(cc3C)C(C)(C)CC4(C)C)c3cc(N(c4ccccc4)c4ccccc4)cc1c32. The molecule has 1 aliphatic carbocycles. The molecule has 0 bridgehead atoms. The summed E-state index contributed by atoms with van der Waals surface area (Å²) in [6.45, 7) is 28.5. The largest absolute Gasteiger partial charge is 0.311 e. The van der Waals surface area contributed by atoms with Gasteiger partial charge >= 0.3 is 0 Å². The smallest absolute Gasteiger partial charge is 0.252 e. The molecular formula is C65H66BN3. The van der Waals surface area contributed by atoms with Crippen molar-refractivity contribution in [3.05, 3.63) is 203 Å². The maximum absolute atomic E-state index is 2.66. The Hall–Kier alpha value is -6.78. The highest BCUT2D eigenvalue weighted by Crippen LogP contribution is 2.54. The second-order valence-corrected chi connectivity index (χ2v) is 23.6. The quantitative estimate of drug-likeness (QED) is 0.154. The molecule has 0 fully saturated rings. The zero-order valence-electron chi connectivity index (χ0n) is 42.8. The first-order chi connectivity index (χ1) is 32.8. The van der Waals surface area contributed by atoms with E-state index in [1.807, 2.05) is 0 Å². The Bertz CT molecular complexity index is 3260. The Kier molecular flexibility index (Phi) is 10.3. The van der Waals surface area contributed by atoms with Gasteiger partial charge in [-0.25, -0.2) is 0 Å². The van der Waals surface area contributed by atoms with Gasteiger partial charge in [-0.3, -0.25) is 0 Å². The lowest BCUT2D eigenvalue weighted by Gasteiger charge is -2.46. The van der Waals surface area contributed by atoms with Crippen molar-refractivity contribution in [2.45, 2.75) is 111 Å². The van der Waals surface area contributed by atoms with E-state index in [2.05, 4.69) is 268 Å². The minimum Gasteiger partial charge on any atom is -0.311 e. The molecule has 0 saturated heterocycles. The van der Waals surface area contributed by atoms with Crippen LogP contribution in [0.3, 0.4) is 0 Å². The molecule has 344 valence electrons. The molecule has 0 saturated carbocycles. The first-order valence-corrected chi connectivity index (χ1v) is 25.1. The summed E-state index contributed by atoms with van der Waals surface area (Å²) in [5.74, 6) is 0. The van der Waals surface area contributed by atoms with Crippen LogP contribution in [0, 0.1) is 13.8 Å². The third-order valence-electron chi connectivity index (χ3n) is 15.5. The van der Waals surface area contributed by atoms with Crippen molar-refractivity contribution in [2.75, 3.05) is 14.7 Å². The zero-order chi connectivity index (χ0) is 48.4. The molecule has 3 nitrogen and oxygen atoms in total. The summed E-state index contributed by atoms with van der Waals surface area (Å²) in [4.78, 5) is 7.72. The van der Waals surface area contributed by atoms with Crippen LogP contribution in [0.5, 0.6) is 0 Å². The highest BCUT2D eigenvalue weighted by Gasteiger charge is 2.47. The maximum Gasteiger partial charge on any atom is 0.252 e. The molecule has 8 aromatic rings. The monoisotopic (exact) mass is 900 g/mol. The van der Waals surface area contributed by atoms with Crippen LogP contribution in [0.2, 0.25) is 0 Å².